The molecule has 22 heavy (non-hydrogen) atoms. The summed E-state index contributed by atoms with van der Waals surface area (Å²) >= 11 is 1.69. The molecule has 1 aliphatic heterocycles. The van der Waals surface area contributed by atoms with Crippen molar-refractivity contribution in [2.75, 3.05) is 18.4 Å². The number of carbonyl (C=O) groups is 1. The number of carbonyl (C=O) groups excluding carboxylic acids is 1. The van der Waals surface area contributed by atoms with Crippen LogP contribution in [-0.2, 0) is 17.6 Å². The standard InChI is InChI=1S/C17H27N3OS/c1-2-12-3-5-14-15(11-12)22-17(19-14)20-16(21)6-4-13-7-9-18-10-8-13/h12-13,18H,2-11H2,1H3,(H,19,20,21). The summed E-state index contributed by atoms with van der Waals surface area (Å²) in [7, 11) is 0. The van der Waals surface area contributed by atoms with Crippen molar-refractivity contribution in [2.24, 2.45) is 11.8 Å². The Bertz CT molecular complexity index is 508. The molecule has 0 aromatic carbocycles. The predicted octanol–water partition coefficient (Wildman–Crippen LogP) is 3.38. The number of amides is 1. The molecule has 1 aromatic rings. The Balaban J connectivity index is 1.48. The van der Waals surface area contributed by atoms with E-state index in [1.165, 1.54) is 36.3 Å². The fourth-order valence-electron chi connectivity index (χ4n) is 3.53. The number of fused-ring (bicyclic) bond motifs is 1. The highest BCUT2D eigenvalue weighted by Gasteiger charge is 2.22. The fourth-order valence-corrected chi connectivity index (χ4v) is 4.67. The van der Waals surface area contributed by atoms with E-state index >= 15 is 0 Å². The summed E-state index contributed by atoms with van der Waals surface area (Å²) in [6.45, 7) is 4.47. The zero-order valence-electron chi connectivity index (χ0n) is 13.5. The van der Waals surface area contributed by atoms with Gasteiger partial charge in [0.05, 0.1) is 5.69 Å². The minimum Gasteiger partial charge on any atom is -0.317 e. The number of anilines is 1. The van der Waals surface area contributed by atoms with Crippen LogP contribution in [0.15, 0.2) is 0 Å². The van der Waals surface area contributed by atoms with Crippen molar-refractivity contribution in [3.8, 4) is 0 Å². The van der Waals surface area contributed by atoms with Gasteiger partial charge in [0.1, 0.15) is 0 Å². The number of aromatic nitrogens is 1. The van der Waals surface area contributed by atoms with Crippen molar-refractivity contribution in [1.82, 2.24) is 10.3 Å². The third-order valence-corrected chi connectivity index (χ3v) is 6.14. The first-order valence-electron chi connectivity index (χ1n) is 8.73. The lowest BCUT2D eigenvalue weighted by Gasteiger charge is -2.21. The molecule has 1 unspecified atom stereocenters. The maximum atomic E-state index is 12.1. The highest BCUT2D eigenvalue weighted by atomic mass is 32.1. The molecule has 1 atom stereocenters. The van der Waals surface area contributed by atoms with Crippen molar-refractivity contribution in [3.05, 3.63) is 10.6 Å². The second-order valence-electron chi connectivity index (χ2n) is 6.69. The Morgan fingerprint density at radius 2 is 2.14 bits per heavy atom. The molecule has 2 aliphatic rings. The fraction of sp³-hybridized carbons (Fsp3) is 0.765. The van der Waals surface area contributed by atoms with Gasteiger partial charge < -0.3 is 10.6 Å². The molecule has 3 rings (SSSR count). The van der Waals surface area contributed by atoms with Crippen molar-refractivity contribution >= 4 is 22.4 Å². The van der Waals surface area contributed by atoms with E-state index in [1.54, 1.807) is 11.3 Å². The average molecular weight is 321 g/mol. The topological polar surface area (TPSA) is 54.0 Å². The van der Waals surface area contributed by atoms with Gasteiger partial charge in [0.15, 0.2) is 5.13 Å². The van der Waals surface area contributed by atoms with E-state index in [0.29, 0.717) is 12.3 Å². The predicted molar refractivity (Wildman–Crippen MR) is 91.4 cm³/mol. The normalized spacial score (nSPS) is 22.3. The van der Waals surface area contributed by atoms with Crippen molar-refractivity contribution in [2.45, 2.75) is 58.3 Å². The first-order valence-corrected chi connectivity index (χ1v) is 9.55. The van der Waals surface area contributed by atoms with Gasteiger partial charge in [0.25, 0.3) is 0 Å². The number of hydrogen-bond acceptors (Lipinski definition) is 4. The molecule has 1 aromatic heterocycles. The van der Waals surface area contributed by atoms with Gasteiger partial charge in [0.2, 0.25) is 5.91 Å². The van der Waals surface area contributed by atoms with Gasteiger partial charge in [-0.05, 0) is 63.5 Å². The smallest absolute Gasteiger partial charge is 0.226 e. The third-order valence-electron chi connectivity index (χ3n) is 5.10. The van der Waals surface area contributed by atoms with Gasteiger partial charge in [0, 0.05) is 11.3 Å². The SMILES string of the molecule is CCC1CCc2nc(NC(=O)CCC3CCNCC3)sc2C1. The maximum Gasteiger partial charge on any atom is 0.226 e. The first kappa shape index (κ1) is 15.9. The molecule has 1 fully saturated rings. The minimum atomic E-state index is 0.136. The number of hydrogen-bond donors (Lipinski definition) is 2. The molecule has 4 nitrogen and oxygen atoms in total. The van der Waals surface area contributed by atoms with E-state index in [9.17, 15) is 4.79 Å². The van der Waals surface area contributed by atoms with Crippen LogP contribution in [0.25, 0.3) is 0 Å². The molecular formula is C17H27N3OS. The maximum absolute atomic E-state index is 12.1. The summed E-state index contributed by atoms with van der Waals surface area (Å²) in [5.74, 6) is 1.65. The van der Waals surface area contributed by atoms with Gasteiger partial charge >= 0.3 is 0 Å². The van der Waals surface area contributed by atoms with Crippen LogP contribution >= 0.6 is 11.3 Å². The van der Waals surface area contributed by atoms with Gasteiger partial charge in [-0.3, -0.25) is 4.79 Å². The molecule has 1 aliphatic carbocycles. The van der Waals surface area contributed by atoms with E-state index in [0.717, 1.165) is 43.4 Å². The monoisotopic (exact) mass is 321 g/mol. The van der Waals surface area contributed by atoms with Crippen LogP contribution in [-0.4, -0.2) is 24.0 Å². The molecule has 5 heteroatoms. The molecule has 2 N–H and O–H groups in total. The second kappa shape index (κ2) is 7.55. The number of nitrogens with one attached hydrogen (secondary N) is 2. The van der Waals surface area contributed by atoms with Crippen LogP contribution in [0.2, 0.25) is 0 Å². The highest BCUT2D eigenvalue weighted by Crippen LogP contribution is 2.33. The number of aryl methyl sites for hydroxylation is 1. The molecule has 0 saturated carbocycles. The van der Waals surface area contributed by atoms with Gasteiger partial charge in [-0.25, -0.2) is 4.98 Å². The Labute approximate surface area is 137 Å². The van der Waals surface area contributed by atoms with Crippen LogP contribution in [0.4, 0.5) is 5.13 Å². The van der Waals surface area contributed by atoms with E-state index < -0.39 is 0 Å². The molecule has 1 saturated heterocycles. The van der Waals surface area contributed by atoms with E-state index in [-0.39, 0.29) is 5.91 Å². The average Bonchev–Trinajstić information content (AvgIpc) is 2.95. The minimum absolute atomic E-state index is 0.136. The lowest BCUT2D eigenvalue weighted by Crippen LogP contribution is -2.28. The van der Waals surface area contributed by atoms with Crippen molar-refractivity contribution in [1.29, 1.82) is 0 Å². The molecule has 2 heterocycles. The van der Waals surface area contributed by atoms with Crippen LogP contribution in [0.1, 0.15) is 56.0 Å². The third kappa shape index (κ3) is 4.07. The summed E-state index contributed by atoms with van der Waals surface area (Å²) in [4.78, 5) is 18.2. The molecule has 0 bridgehead atoms. The van der Waals surface area contributed by atoms with Crippen LogP contribution in [0, 0.1) is 11.8 Å². The Hall–Kier alpha value is -0.940. The molecule has 1 amide bonds. The number of piperidine rings is 1. The molecular weight excluding hydrogens is 294 g/mol. The van der Waals surface area contributed by atoms with Crippen molar-refractivity contribution in [3.63, 3.8) is 0 Å². The van der Waals surface area contributed by atoms with E-state index in [2.05, 4.69) is 22.5 Å². The van der Waals surface area contributed by atoms with Crippen molar-refractivity contribution < 1.29 is 4.79 Å². The Morgan fingerprint density at radius 3 is 2.91 bits per heavy atom. The Morgan fingerprint density at radius 1 is 1.32 bits per heavy atom. The van der Waals surface area contributed by atoms with Crippen LogP contribution in [0.5, 0.6) is 0 Å². The molecule has 0 radical (unpaired) electrons. The van der Waals surface area contributed by atoms with E-state index in [1.807, 2.05) is 0 Å². The largest absolute Gasteiger partial charge is 0.317 e. The summed E-state index contributed by atoms with van der Waals surface area (Å²) in [5.41, 5.74) is 1.23. The highest BCUT2D eigenvalue weighted by molar-refractivity contribution is 7.15. The second-order valence-corrected chi connectivity index (χ2v) is 7.77. The van der Waals surface area contributed by atoms with Gasteiger partial charge in [-0.15, -0.1) is 11.3 Å². The van der Waals surface area contributed by atoms with E-state index in [4.69, 9.17) is 0 Å². The zero-order chi connectivity index (χ0) is 15.4. The summed E-state index contributed by atoms with van der Waals surface area (Å²) in [6, 6.07) is 0. The number of rotatable bonds is 5. The lowest BCUT2D eigenvalue weighted by atomic mass is 9.89. The molecule has 0 spiro atoms. The lowest BCUT2D eigenvalue weighted by molar-refractivity contribution is -0.116. The quantitative estimate of drug-likeness (QED) is 0.874. The summed E-state index contributed by atoms with van der Waals surface area (Å²) in [6.07, 6.45) is 8.77. The number of thiazole rings is 1. The van der Waals surface area contributed by atoms with Crippen LogP contribution < -0.4 is 10.6 Å². The zero-order valence-corrected chi connectivity index (χ0v) is 14.3. The van der Waals surface area contributed by atoms with Gasteiger partial charge in [-0.1, -0.05) is 13.3 Å². The Kier molecular flexibility index (Phi) is 5.47. The molecule has 122 valence electrons. The number of nitrogens with zero attached hydrogens (tertiary/aromatic N) is 1. The van der Waals surface area contributed by atoms with Crippen LogP contribution in [0.3, 0.4) is 0 Å². The van der Waals surface area contributed by atoms with Gasteiger partial charge in [-0.2, -0.15) is 0 Å². The summed E-state index contributed by atoms with van der Waals surface area (Å²) < 4.78 is 0. The summed E-state index contributed by atoms with van der Waals surface area (Å²) in [5, 5.41) is 7.21. The first-order chi connectivity index (χ1) is 10.7.